The molecular weight excluding hydrogens is 268 g/mol. The molecule has 0 aromatic heterocycles. The van der Waals surface area contributed by atoms with Crippen molar-refractivity contribution in [2.75, 3.05) is 18.2 Å². The van der Waals surface area contributed by atoms with E-state index in [0.29, 0.717) is 12.2 Å². The Kier molecular flexibility index (Phi) is 5.58. The molecule has 0 aliphatic heterocycles. The molecule has 7 nitrogen and oxygen atoms in total. The number of carbonyl (C=O) groups excluding carboxylic acids is 1. The van der Waals surface area contributed by atoms with E-state index < -0.39 is 10.8 Å². The van der Waals surface area contributed by atoms with E-state index >= 15 is 0 Å². The van der Waals surface area contributed by atoms with Gasteiger partial charge < -0.3 is 10.7 Å². The van der Waals surface area contributed by atoms with Crippen molar-refractivity contribution in [1.29, 1.82) is 0 Å². The molecule has 1 atom stereocenters. The molecule has 0 spiro atoms. The molecule has 1 rings (SSSR count). The number of carbonyl (C=O) groups is 1. The Morgan fingerprint density at radius 2 is 2.26 bits per heavy atom. The number of hydrazine groups is 1. The molecule has 0 bridgehead atoms. The molecular formula is C11H16N4O3S. The second kappa shape index (κ2) is 6.95. The molecule has 1 unspecified atom stereocenters. The van der Waals surface area contributed by atoms with Gasteiger partial charge in [0.25, 0.3) is 11.6 Å². The van der Waals surface area contributed by atoms with E-state index in [0.717, 1.165) is 0 Å². The maximum atomic E-state index is 12.0. The van der Waals surface area contributed by atoms with Crippen LogP contribution >= 0.6 is 11.8 Å². The number of non-ortho nitro benzene ring substituents is 1. The van der Waals surface area contributed by atoms with Crippen molar-refractivity contribution in [2.24, 2.45) is 5.84 Å². The van der Waals surface area contributed by atoms with Crippen LogP contribution in [0.4, 0.5) is 11.4 Å². The number of hydrogen-bond donors (Lipinski definition) is 3. The lowest BCUT2D eigenvalue weighted by molar-refractivity contribution is -0.384. The van der Waals surface area contributed by atoms with Crippen LogP contribution in [0.3, 0.4) is 0 Å². The third kappa shape index (κ3) is 4.11. The number of nitrogens with zero attached hydrogens (tertiary/aromatic N) is 1. The smallest absolute Gasteiger partial charge is 0.270 e. The van der Waals surface area contributed by atoms with Crippen molar-refractivity contribution in [3.8, 4) is 0 Å². The van der Waals surface area contributed by atoms with Gasteiger partial charge in [0.1, 0.15) is 0 Å². The van der Waals surface area contributed by atoms with Crippen LogP contribution in [0.25, 0.3) is 0 Å². The lowest BCUT2D eigenvalue weighted by atomic mass is 10.1. The maximum Gasteiger partial charge on any atom is 0.270 e. The Balaban J connectivity index is 2.93. The molecule has 104 valence electrons. The number of nitro groups is 1. The molecule has 0 radical (unpaired) electrons. The molecule has 4 N–H and O–H groups in total. The fourth-order valence-electron chi connectivity index (χ4n) is 1.37. The molecule has 0 fully saturated rings. The van der Waals surface area contributed by atoms with Crippen LogP contribution in [-0.4, -0.2) is 28.9 Å². The van der Waals surface area contributed by atoms with Crippen molar-refractivity contribution in [3.63, 3.8) is 0 Å². The molecule has 1 amide bonds. The van der Waals surface area contributed by atoms with Crippen molar-refractivity contribution in [1.82, 2.24) is 5.32 Å². The normalized spacial score (nSPS) is 11.7. The van der Waals surface area contributed by atoms with Crippen LogP contribution in [0.15, 0.2) is 18.2 Å². The largest absolute Gasteiger partial charge is 0.351 e. The SMILES string of the molecule is CSC(C)CNC(=O)c1cc([N+](=O)[O-])ccc1NN. The minimum absolute atomic E-state index is 0.151. The lowest BCUT2D eigenvalue weighted by Crippen LogP contribution is -2.30. The second-order valence-electron chi connectivity index (χ2n) is 3.89. The molecule has 0 aliphatic carbocycles. The van der Waals surface area contributed by atoms with Gasteiger partial charge in [-0.1, -0.05) is 6.92 Å². The van der Waals surface area contributed by atoms with Gasteiger partial charge in [0.2, 0.25) is 0 Å². The summed E-state index contributed by atoms with van der Waals surface area (Å²) in [6.45, 7) is 2.45. The number of anilines is 1. The number of thioether (sulfide) groups is 1. The molecule has 0 saturated heterocycles. The van der Waals surface area contributed by atoms with Crippen molar-refractivity contribution < 1.29 is 9.72 Å². The van der Waals surface area contributed by atoms with Gasteiger partial charge in [-0.05, 0) is 12.3 Å². The summed E-state index contributed by atoms with van der Waals surface area (Å²) in [6, 6.07) is 3.90. The summed E-state index contributed by atoms with van der Waals surface area (Å²) in [5, 5.41) is 13.7. The van der Waals surface area contributed by atoms with E-state index in [-0.39, 0.29) is 16.5 Å². The lowest BCUT2D eigenvalue weighted by Gasteiger charge is -2.12. The molecule has 0 aliphatic rings. The van der Waals surface area contributed by atoms with Gasteiger partial charge in [-0.2, -0.15) is 11.8 Å². The van der Waals surface area contributed by atoms with Crippen molar-refractivity contribution >= 4 is 29.0 Å². The molecule has 0 heterocycles. The molecule has 1 aromatic rings. The Labute approximate surface area is 115 Å². The van der Waals surface area contributed by atoms with Crippen LogP contribution in [0.1, 0.15) is 17.3 Å². The topological polar surface area (TPSA) is 110 Å². The highest BCUT2D eigenvalue weighted by atomic mass is 32.2. The highest BCUT2D eigenvalue weighted by molar-refractivity contribution is 7.99. The number of nitrogen functional groups attached to an aromatic ring is 1. The third-order valence-corrected chi connectivity index (χ3v) is 3.54. The highest BCUT2D eigenvalue weighted by Crippen LogP contribution is 2.21. The Bertz CT molecular complexity index is 481. The predicted octanol–water partition coefficient (Wildman–Crippen LogP) is 1.36. The minimum Gasteiger partial charge on any atom is -0.351 e. The van der Waals surface area contributed by atoms with Gasteiger partial charge in [0.05, 0.1) is 16.2 Å². The van der Waals surface area contributed by atoms with E-state index in [1.807, 2.05) is 13.2 Å². The first-order chi connectivity index (χ1) is 8.99. The average molecular weight is 284 g/mol. The zero-order valence-electron chi connectivity index (χ0n) is 10.7. The fraction of sp³-hybridized carbons (Fsp3) is 0.364. The van der Waals surface area contributed by atoms with E-state index in [4.69, 9.17) is 5.84 Å². The number of nitro benzene ring substituents is 1. The Morgan fingerprint density at radius 1 is 1.58 bits per heavy atom. The second-order valence-corrected chi connectivity index (χ2v) is 5.16. The predicted molar refractivity (Wildman–Crippen MR) is 76.2 cm³/mol. The number of nitrogens with two attached hydrogens (primary N) is 1. The van der Waals surface area contributed by atoms with Crippen LogP contribution in [0.5, 0.6) is 0 Å². The summed E-state index contributed by atoms with van der Waals surface area (Å²) in [7, 11) is 0. The van der Waals surface area contributed by atoms with Crippen LogP contribution < -0.4 is 16.6 Å². The Morgan fingerprint density at radius 3 is 2.79 bits per heavy atom. The van der Waals surface area contributed by atoms with E-state index in [1.54, 1.807) is 11.8 Å². The zero-order valence-corrected chi connectivity index (χ0v) is 11.5. The summed E-state index contributed by atoms with van der Waals surface area (Å²) in [5.41, 5.74) is 2.71. The van der Waals surface area contributed by atoms with Crippen LogP contribution in [-0.2, 0) is 0 Å². The highest BCUT2D eigenvalue weighted by Gasteiger charge is 2.16. The van der Waals surface area contributed by atoms with Crippen LogP contribution in [0, 0.1) is 10.1 Å². The molecule has 8 heteroatoms. The van der Waals surface area contributed by atoms with Gasteiger partial charge in [0.15, 0.2) is 0 Å². The summed E-state index contributed by atoms with van der Waals surface area (Å²) < 4.78 is 0. The van der Waals surface area contributed by atoms with Gasteiger partial charge >= 0.3 is 0 Å². The third-order valence-electron chi connectivity index (χ3n) is 2.57. The fourth-order valence-corrected chi connectivity index (χ4v) is 1.62. The summed E-state index contributed by atoms with van der Waals surface area (Å²) in [6.07, 6.45) is 1.94. The first kappa shape index (κ1) is 15.3. The monoisotopic (exact) mass is 284 g/mol. The maximum absolute atomic E-state index is 12.0. The quantitative estimate of drug-likeness (QED) is 0.413. The van der Waals surface area contributed by atoms with Gasteiger partial charge in [0, 0.05) is 23.9 Å². The number of rotatable bonds is 6. The van der Waals surface area contributed by atoms with Gasteiger partial charge in [-0.15, -0.1) is 0 Å². The average Bonchev–Trinajstić information content (AvgIpc) is 2.43. The Hall–Kier alpha value is -1.80. The molecule has 0 saturated carbocycles. The molecule has 1 aromatic carbocycles. The minimum atomic E-state index is -0.554. The number of nitrogens with one attached hydrogen (secondary N) is 2. The van der Waals surface area contributed by atoms with Crippen molar-refractivity contribution in [3.05, 3.63) is 33.9 Å². The number of benzene rings is 1. The summed E-state index contributed by atoms with van der Waals surface area (Å²) in [4.78, 5) is 22.1. The number of hydrogen-bond acceptors (Lipinski definition) is 6. The zero-order chi connectivity index (χ0) is 14.4. The first-order valence-electron chi connectivity index (χ1n) is 5.55. The summed E-state index contributed by atoms with van der Waals surface area (Å²) in [5.74, 6) is 4.90. The molecule has 19 heavy (non-hydrogen) atoms. The first-order valence-corrected chi connectivity index (χ1v) is 6.84. The number of amides is 1. The van der Waals surface area contributed by atoms with E-state index in [1.165, 1.54) is 18.2 Å². The summed E-state index contributed by atoms with van der Waals surface area (Å²) >= 11 is 1.62. The standard InChI is InChI=1S/C11H16N4O3S/c1-7(19-2)6-13-11(16)9-5-8(15(17)18)3-4-10(9)14-12/h3-5,7,14H,6,12H2,1-2H3,(H,13,16). The van der Waals surface area contributed by atoms with Gasteiger partial charge in [-0.3, -0.25) is 20.8 Å². The van der Waals surface area contributed by atoms with Crippen LogP contribution in [0.2, 0.25) is 0 Å². The van der Waals surface area contributed by atoms with E-state index in [2.05, 4.69) is 10.7 Å². The van der Waals surface area contributed by atoms with Gasteiger partial charge in [-0.25, -0.2) is 0 Å². The van der Waals surface area contributed by atoms with Crippen molar-refractivity contribution in [2.45, 2.75) is 12.2 Å². The van der Waals surface area contributed by atoms with E-state index in [9.17, 15) is 14.9 Å².